The number of unbranched alkanes of at least 4 members (excludes halogenated alkanes) is 2. The highest BCUT2D eigenvalue weighted by Gasteiger charge is 2.17. The van der Waals surface area contributed by atoms with Crippen molar-refractivity contribution in [3.8, 4) is 22.8 Å². The molecule has 0 N–H and O–H groups in total. The number of benzene rings is 3. The number of ether oxygens (including phenoxy) is 2. The molecule has 4 aromatic rings. The Morgan fingerprint density at radius 1 is 0.765 bits per heavy atom. The predicted molar refractivity (Wildman–Crippen MR) is 151 cm³/mol. The lowest BCUT2D eigenvalue weighted by Gasteiger charge is -2.13. The first-order valence-corrected chi connectivity index (χ1v) is 13.4. The lowest BCUT2D eigenvalue weighted by molar-refractivity contribution is 0.309. The van der Waals surface area contributed by atoms with Crippen molar-refractivity contribution in [3.05, 3.63) is 81.4 Å². The number of rotatable bonds is 11. The molecule has 3 aromatic carbocycles. The second kappa shape index (κ2) is 11.8. The number of hydrogen-bond donors (Lipinski definition) is 0. The van der Waals surface area contributed by atoms with Gasteiger partial charge in [-0.15, -0.1) is 0 Å². The van der Waals surface area contributed by atoms with Gasteiger partial charge in [0, 0.05) is 21.0 Å². The van der Waals surface area contributed by atoms with E-state index in [0.717, 1.165) is 56.9 Å². The van der Waals surface area contributed by atoms with Gasteiger partial charge in [0.2, 0.25) is 0 Å². The Morgan fingerprint density at radius 3 is 2.03 bits per heavy atom. The SMILES string of the molecule is CCCCOc1ccc(-c2c(C)c3cc(OCCCC)ccc3n2Cc2ccc(I)cc2)cc1. The molecule has 0 saturated carbocycles. The molecule has 3 nitrogen and oxygen atoms in total. The Morgan fingerprint density at radius 2 is 1.38 bits per heavy atom. The van der Waals surface area contributed by atoms with E-state index in [1.807, 2.05) is 0 Å². The normalized spacial score (nSPS) is 11.2. The van der Waals surface area contributed by atoms with E-state index in [1.165, 1.54) is 36.9 Å². The number of halogens is 1. The summed E-state index contributed by atoms with van der Waals surface area (Å²) in [4.78, 5) is 0. The van der Waals surface area contributed by atoms with E-state index in [-0.39, 0.29) is 0 Å². The molecule has 0 unspecified atom stereocenters. The molecule has 0 bridgehead atoms. The summed E-state index contributed by atoms with van der Waals surface area (Å²) in [7, 11) is 0. The van der Waals surface area contributed by atoms with E-state index in [2.05, 4.69) is 115 Å². The Labute approximate surface area is 217 Å². The molecule has 0 aliphatic carbocycles. The average Bonchev–Trinajstić information content (AvgIpc) is 3.12. The molecule has 0 aliphatic heterocycles. The summed E-state index contributed by atoms with van der Waals surface area (Å²) < 4.78 is 15.6. The number of hydrogen-bond acceptors (Lipinski definition) is 2. The monoisotopic (exact) mass is 567 g/mol. The topological polar surface area (TPSA) is 23.4 Å². The molecular weight excluding hydrogens is 533 g/mol. The number of nitrogens with zero attached hydrogens (tertiary/aromatic N) is 1. The highest BCUT2D eigenvalue weighted by atomic mass is 127. The fourth-order valence-corrected chi connectivity index (χ4v) is 4.64. The minimum Gasteiger partial charge on any atom is -0.494 e. The molecule has 1 heterocycles. The minimum absolute atomic E-state index is 0.761. The third-order valence-electron chi connectivity index (χ3n) is 6.20. The molecular formula is C30H34INO2. The fraction of sp³-hybridized carbons (Fsp3) is 0.333. The van der Waals surface area contributed by atoms with Crippen molar-refractivity contribution >= 4 is 33.5 Å². The van der Waals surface area contributed by atoms with Crippen molar-refractivity contribution < 1.29 is 9.47 Å². The highest BCUT2D eigenvalue weighted by Crippen LogP contribution is 2.36. The van der Waals surface area contributed by atoms with Crippen molar-refractivity contribution in [2.24, 2.45) is 0 Å². The Hall–Kier alpha value is -2.47. The summed E-state index contributed by atoms with van der Waals surface area (Å²) in [5, 5.41) is 1.25. The van der Waals surface area contributed by atoms with Crippen molar-refractivity contribution in [3.63, 3.8) is 0 Å². The second-order valence-corrected chi connectivity index (χ2v) is 10.0. The van der Waals surface area contributed by atoms with Crippen LogP contribution in [0.4, 0.5) is 0 Å². The van der Waals surface area contributed by atoms with Crippen molar-refractivity contribution in [2.45, 2.75) is 53.0 Å². The Kier molecular flexibility index (Phi) is 8.54. The van der Waals surface area contributed by atoms with Crippen molar-refractivity contribution in [2.75, 3.05) is 13.2 Å². The van der Waals surface area contributed by atoms with Crippen LogP contribution in [-0.2, 0) is 6.54 Å². The third-order valence-corrected chi connectivity index (χ3v) is 6.92. The number of fused-ring (bicyclic) bond motifs is 1. The van der Waals surface area contributed by atoms with E-state index in [4.69, 9.17) is 9.47 Å². The zero-order valence-corrected chi connectivity index (χ0v) is 22.6. The quantitative estimate of drug-likeness (QED) is 0.134. The summed E-state index contributed by atoms with van der Waals surface area (Å²) in [5.74, 6) is 1.88. The molecule has 0 atom stereocenters. The van der Waals surface area contributed by atoms with Crippen molar-refractivity contribution in [1.29, 1.82) is 0 Å². The van der Waals surface area contributed by atoms with Crippen LogP contribution >= 0.6 is 22.6 Å². The van der Waals surface area contributed by atoms with Gasteiger partial charge in [-0.25, -0.2) is 0 Å². The van der Waals surface area contributed by atoms with Gasteiger partial charge in [0.25, 0.3) is 0 Å². The van der Waals surface area contributed by atoms with E-state index in [0.29, 0.717) is 0 Å². The Bertz CT molecular complexity index is 1210. The third kappa shape index (κ3) is 5.77. The number of aromatic nitrogens is 1. The maximum absolute atomic E-state index is 6.03. The van der Waals surface area contributed by atoms with Gasteiger partial charge in [-0.3, -0.25) is 0 Å². The van der Waals surface area contributed by atoms with Crippen LogP contribution in [0.25, 0.3) is 22.2 Å². The largest absolute Gasteiger partial charge is 0.494 e. The average molecular weight is 568 g/mol. The molecule has 0 radical (unpaired) electrons. The van der Waals surface area contributed by atoms with Gasteiger partial charge in [-0.2, -0.15) is 0 Å². The molecule has 0 spiro atoms. The molecule has 1 aromatic heterocycles. The van der Waals surface area contributed by atoms with Gasteiger partial charge in [0.05, 0.1) is 18.9 Å². The maximum Gasteiger partial charge on any atom is 0.120 e. The molecule has 0 fully saturated rings. The van der Waals surface area contributed by atoms with Gasteiger partial charge in [0.1, 0.15) is 11.5 Å². The zero-order valence-electron chi connectivity index (χ0n) is 20.4. The minimum atomic E-state index is 0.761. The zero-order chi connectivity index (χ0) is 23.9. The summed E-state index contributed by atoms with van der Waals surface area (Å²) in [5.41, 5.74) is 6.26. The van der Waals surface area contributed by atoms with Gasteiger partial charge >= 0.3 is 0 Å². The summed E-state index contributed by atoms with van der Waals surface area (Å²) >= 11 is 2.36. The van der Waals surface area contributed by atoms with Crippen LogP contribution in [-0.4, -0.2) is 17.8 Å². The first-order valence-electron chi connectivity index (χ1n) is 12.3. The molecule has 0 aliphatic rings. The first kappa shape index (κ1) is 24.6. The molecule has 4 heteroatoms. The Balaban J connectivity index is 1.74. The molecule has 0 saturated heterocycles. The summed E-state index contributed by atoms with van der Waals surface area (Å²) in [6.45, 7) is 8.94. The summed E-state index contributed by atoms with van der Waals surface area (Å²) in [6.07, 6.45) is 4.42. The highest BCUT2D eigenvalue weighted by molar-refractivity contribution is 14.1. The van der Waals surface area contributed by atoms with Gasteiger partial charge in [-0.1, -0.05) is 38.8 Å². The van der Waals surface area contributed by atoms with Crippen LogP contribution in [0.1, 0.15) is 50.7 Å². The van der Waals surface area contributed by atoms with E-state index < -0.39 is 0 Å². The van der Waals surface area contributed by atoms with E-state index in [9.17, 15) is 0 Å². The molecule has 178 valence electrons. The van der Waals surface area contributed by atoms with Crippen LogP contribution < -0.4 is 9.47 Å². The lowest BCUT2D eigenvalue weighted by Crippen LogP contribution is -2.03. The summed E-state index contributed by atoms with van der Waals surface area (Å²) in [6, 6.07) is 23.9. The molecule has 34 heavy (non-hydrogen) atoms. The first-order chi connectivity index (χ1) is 16.6. The second-order valence-electron chi connectivity index (χ2n) is 8.79. The number of aryl methyl sites for hydroxylation is 1. The van der Waals surface area contributed by atoms with Crippen LogP contribution in [0.5, 0.6) is 11.5 Å². The lowest BCUT2D eigenvalue weighted by atomic mass is 10.1. The van der Waals surface area contributed by atoms with E-state index >= 15 is 0 Å². The van der Waals surface area contributed by atoms with Crippen LogP contribution in [0.2, 0.25) is 0 Å². The van der Waals surface area contributed by atoms with Crippen molar-refractivity contribution in [1.82, 2.24) is 4.57 Å². The fourth-order valence-electron chi connectivity index (χ4n) is 4.28. The molecule has 4 rings (SSSR count). The van der Waals surface area contributed by atoms with Gasteiger partial charge in [-0.05, 0) is 114 Å². The molecule has 0 amide bonds. The van der Waals surface area contributed by atoms with Gasteiger partial charge in [0.15, 0.2) is 0 Å². The van der Waals surface area contributed by atoms with Crippen LogP contribution in [0.15, 0.2) is 66.7 Å². The smallest absolute Gasteiger partial charge is 0.120 e. The standard InChI is InChI=1S/C30H34INO2/c1-4-6-18-33-26-14-10-24(11-15-26)30-22(3)28-20-27(34-19-7-5-2)16-17-29(28)32(30)21-23-8-12-25(31)13-9-23/h8-17,20H,4-7,18-19,21H2,1-3H3. The van der Waals surface area contributed by atoms with Crippen LogP contribution in [0, 0.1) is 10.5 Å². The van der Waals surface area contributed by atoms with Gasteiger partial charge < -0.3 is 14.0 Å². The van der Waals surface area contributed by atoms with E-state index in [1.54, 1.807) is 0 Å². The predicted octanol–water partition coefficient (Wildman–Crippen LogP) is 8.63. The maximum atomic E-state index is 6.03. The van der Waals surface area contributed by atoms with Crippen LogP contribution in [0.3, 0.4) is 0 Å².